The molecule has 2 rings (SSSR count). The normalized spacial score (nSPS) is 10.1. The lowest BCUT2D eigenvalue weighted by molar-refractivity contribution is -0.128. The van der Waals surface area contributed by atoms with Crippen molar-refractivity contribution >= 4 is 17.5 Å². The summed E-state index contributed by atoms with van der Waals surface area (Å²) >= 11 is 0. The zero-order chi connectivity index (χ0) is 18.9. The van der Waals surface area contributed by atoms with E-state index in [0.29, 0.717) is 41.5 Å². The van der Waals surface area contributed by atoms with Gasteiger partial charge in [0.15, 0.2) is 11.5 Å². The van der Waals surface area contributed by atoms with Crippen molar-refractivity contribution < 1.29 is 24.3 Å². The minimum Gasteiger partial charge on any atom is -0.490 e. The third kappa shape index (κ3) is 5.22. The molecule has 0 bridgehead atoms. The summed E-state index contributed by atoms with van der Waals surface area (Å²) in [4.78, 5) is 23.6. The number of benzene rings is 2. The molecule has 0 saturated carbocycles. The van der Waals surface area contributed by atoms with Crippen molar-refractivity contribution in [3.63, 3.8) is 0 Å². The van der Waals surface area contributed by atoms with Crippen molar-refractivity contribution in [2.75, 3.05) is 18.5 Å². The van der Waals surface area contributed by atoms with E-state index in [1.807, 2.05) is 13.8 Å². The zero-order valence-corrected chi connectivity index (χ0v) is 14.7. The minimum absolute atomic E-state index is 0.0569. The highest BCUT2D eigenvalue weighted by molar-refractivity contribution is 6.04. The molecule has 0 aliphatic carbocycles. The van der Waals surface area contributed by atoms with Crippen LogP contribution in [0.4, 0.5) is 5.69 Å². The standard InChI is InChI=1S/C19H22N2O5/c1-3-25-16-10-7-14(12-17(16)26-4-2)19(23)20-15-8-5-13(6-9-15)11-18(22)21-24/h5-10,12,24H,3-4,11H2,1-2H3,(H,20,23)(H,21,22). The molecule has 26 heavy (non-hydrogen) atoms. The average molecular weight is 358 g/mol. The molecule has 0 unspecified atom stereocenters. The summed E-state index contributed by atoms with van der Waals surface area (Å²) in [6, 6.07) is 11.8. The van der Waals surface area contributed by atoms with Gasteiger partial charge in [0, 0.05) is 11.3 Å². The average Bonchev–Trinajstić information content (AvgIpc) is 2.65. The Morgan fingerprint density at radius 3 is 2.23 bits per heavy atom. The van der Waals surface area contributed by atoms with Crippen LogP contribution in [0, 0.1) is 0 Å². The maximum atomic E-state index is 12.4. The molecule has 7 nitrogen and oxygen atoms in total. The van der Waals surface area contributed by atoms with E-state index < -0.39 is 5.91 Å². The van der Waals surface area contributed by atoms with Gasteiger partial charge in [-0.15, -0.1) is 0 Å². The SMILES string of the molecule is CCOc1ccc(C(=O)Nc2ccc(CC(=O)NO)cc2)cc1OCC. The van der Waals surface area contributed by atoms with Crippen LogP contribution in [0.5, 0.6) is 11.5 Å². The second kappa shape index (κ2) is 9.43. The van der Waals surface area contributed by atoms with Crippen LogP contribution in [0.2, 0.25) is 0 Å². The summed E-state index contributed by atoms with van der Waals surface area (Å²) in [5.74, 6) is 0.333. The van der Waals surface area contributed by atoms with Gasteiger partial charge in [-0.25, -0.2) is 5.48 Å². The van der Waals surface area contributed by atoms with Crippen molar-refractivity contribution in [3.05, 3.63) is 53.6 Å². The lowest BCUT2D eigenvalue weighted by Crippen LogP contribution is -2.20. The Hall–Kier alpha value is -3.06. The van der Waals surface area contributed by atoms with Crippen LogP contribution in [0.3, 0.4) is 0 Å². The number of carbonyl (C=O) groups is 2. The molecule has 0 aliphatic heterocycles. The molecule has 2 amide bonds. The summed E-state index contributed by atoms with van der Waals surface area (Å²) in [5.41, 5.74) is 3.33. The fourth-order valence-corrected chi connectivity index (χ4v) is 2.33. The van der Waals surface area contributed by atoms with Gasteiger partial charge < -0.3 is 14.8 Å². The first-order chi connectivity index (χ1) is 12.6. The smallest absolute Gasteiger partial charge is 0.255 e. The van der Waals surface area contributed by atoms with Gasteiger partial charge >= 0.3 is 0 Å². The fourth-order valence-electron chi connectivity index (χ4n) is 2.33. The quantitative estimate of drug-likeness (QED) is 0.498. The van der Waals surface area contributed by atoms with E-state index in [2.05, 4.69) is 5.32 Å². The molecule has 7 heteroatoms. The molecule has 138 valence electrons. The third-order valence-corrected chi connectivity index (χ3v) is 3.51. The zero-order valence-electron chi connectivity index (χ0n) is 14.7. The van der Waals surface area contributed by atoms with Crippen LogP contribution in [-0.2, 0) is 11.2 Å². The minimum atomic E-state index is -0.500. The number of carbonyl (C=O) groups excluding carboxylic acids is 2. The first-order valence-electron chi connectivity index (χ1n) is 8.30. The van der Waals surface area contributed by atoms with Gasteiger partial charge in [-0.2, -0.15) is 0 Å². The van der Waals surface area contributed by atoms with Gasteiger partial charge in [0.25, 0.3) is 5.91 Å². The van der Waals surface area contributed by atoms with E-state index in [9.17, 15) is 9.59 Å². The van der Waals surface area contributed by atoms with E-state index in [4.69, 9.17) is 14.7 Å². The molecule has 3 N–H and O–H groups in total. The number of hydroxylamine groups is 1. The van der Waals surface area contributed by atoms with E-state index in [1.54, 1.807) is 47.9 Å². The number of nitrogens with one attached hydrogen (secondary N) is 2. The fraction of sp³-hybridized carbons (Fsp3) is 0.263. The third-order valence-electron chi connectivity index (χ3n) is 3.51. The largest absolute Gasteiger partial charge is 0.490 e. The highest BCUT2D eigenvalue weighted by Crippen LogP contribution is 2.28. The van der Waals surface area contributed by atoms with E-state index in [-0.39, 0.29) is 12.3 Å². The summed E-state index contributed by atoms with van der Waals surface area (Å²) in [5, 5.41) is 11.3. The van der Waals surface area contributed by atoms with Crippen molar-refractivity contribution in [2.24, 2.45) is 0 Å². The van der Waals surface area contributed by atoms with E-state index >= 15 is 0 Å². The van der Waals surface area contributed by atoms with Crippen LogP contribution in [0.25, 0.3) is 0 Å². The predicted molar refractivity (Wildman–Crippen MR) is 96.8 cm³/mol. The van der Waals surface area contributed by atoms with Gasteiger partial charge in [-0.3, -0.25) is 14.8 Å². The summed E-state index contributed by atoms with van der Waals surface area (Å²) in [6.07, 6.45) is 0.0569. The Morgan fingerprint density at radius 2 is 1.62 bits per heavy atom. The molecule has 0 spiro atoms. The number of rotatable bonds is 8. The maximum absolute atomic E-state index is 12.4. The second-order valence-corrected chi connectivity index (χ2v) is 5.39. The molecule has 0 heterocycles. The molecule has 0 fully saturated rings. The Labute approximate surface area is 151 Å². The Bertz CT molecular complexity index is 759. The molecule has 0 saturated heterocycles. The van der Waals surface area contributed by atoms with Gasteiger partial charge in [-0.1, -0.05) is 12.1 Å². The number of ether oxygens (including phenoxy) is 2. The second-order valence-electron chi connectivity index (χ2n) is 5.39. The van der Waals surface area contributed by atoms with Gasteiger partial charge in [-0.05, 0) is 49.7 Å². The van der Waals surface area contributed by atoms with Crippen LogP contribution >= 0.6 is 0 Å². The van der Waals surface area contributed by atoms with Crippen molar-refractivity contribution in [2.45, 2.75) is 20.3 Å². The Kier molecular flexibility index (Phi) is 6.99. The number of amides is 2. The molecular weight excluding hydrogens is 336 g/mol. The maximum Gasteiger partial charge on any atom is 0.255 e. The van der Waals surface area contributed by atoms with Gasteiger partial charge in [0.1, 0.15) is 0 Å². The van der Waals surface area contributed by atoms with Crippen molar-refractivity contribution in [1.82, 2.24) is 5.48 Å². The first kappa shape index (κ1) is 19.3. The molecule has 2 aromatic carbocycles. The highest BCUT2D eigenvalue weighted by Gasteiger charge is 2.12. The van der Waals surface area contributed by atoms with Gasteiger partial charge in [0.05, 0.1) is 19.6 Å². The van der Waals surface area contributed by atoms with E-state index in [0.717, 1.165) is 0 Å². The summed E-state index contributed by atoms with van der Waals surface area (Å²) < 4.78 is 11.0. The number of hydrogen-bond donors (Lipinski definition) is 3. The lowest BCUT2D eigenvalue weighted by atomic mass is 10.1. The molecule has 0 atom stereocenters. The van der Waals surface area contributed by atoms with Crippen LogP contribution < -0.4 is 20.3 Å². The molecule has 0 radical (unpaired) electrons. The number of hydrogen-bond acceptors (Lipinski definition) is 5. The molecule has 0 aliphatic rings. The van der Waals surface area contributed by atoms with Crippen LogP contribution in [0.15, 0.2) is 42.5 Å². The molecule has 2 aromatic rings. The summed E-state index contributed by atoms with van der Waals surface area (Å²) in [6.45, 7) is 4.71. The van der Waals surface area contributed by atoms with Crippen molar-refractivity contribution in [3.8, 4) is 11.5 Å². The molecule has 0 aromatic heterocycles. The lowest BCUT2D eigenvalue weighted by Gasteiger charge is -2.12. The number of anilines is 1. The predicted octanol–water partition coefficient (Wildman–Crippen LogP) is 2.78. The Balaban J connectivity index is 2.09. The monoisotopic (exact) mass is 358 g/mol. The van der Waals surface area contributed by atoms with Crippen LogP contribution in [0.1, 0.15) is 29.8 Å². The highest BCUT2D eigenvalue weighted by atomic mass is 16.5. The van der Waals surface area contributed by atoms with Gasteiger partial charge in [0.2, 0.25) is 5.91 Å². The molecular formula is C19H22N2O5. The van der Waals surface area contributed by atoms with E-state index in [1.165, 1.54) is 0 Å². The topological polar surface area (TPSA) is 96.9 Å². The van der Waals surface area contributed by atoms with Crippen molar-refractivity contribution in [1.29, 1.82) is 0 Å². The Morgan fingerprint density at radius 1 is 0.962 bits per heavy atom. The summed E-state index contributed by atoms with van der Waals surface area (Å²) in [7, 11) is 0. The first-order valence-corrected chi connectivity index (χ1v) is 8.30. The van der Waals surface area contributed by atoms with Crippen LogP contribution in [-0.4, -0.2) is 30.2 Å².